The van der Waals surface area contributed by atoms with Crippen molar-refractivity contribution < 1.29 is 13.6 Å². The lowest BCUT2D eigenvalue weighted by atomic mass is 9.71. The summed E-state index contributed by atoms with van der Waals surface area (Å²) < 4.78 is 26.7. The van der Waals surface area contributed by atoms with Crippen LogP contribution in [0.1, 0.15) is 50.9 Å². The van der Waals surface area contributed by atoms with E-state index in [9.17, 15) is 13.6 Å². The number of alkyl halides is 2. The van der Waals surface area contributed by atoms with E-state index in [-0.39, 0.29) is 36.1 Å². The van der Waals surface area contributed by atoms with E-state index in [1.807, 2.05) is 4.90 Å². The first-order chi connectivity index (χ1) is 12.5. The average Bonchev–Trinajstić information content (AvgIpc) is 3.11. The number of rotatable bonds is 6. The number of aromatic nitrogens is 2. The van der Waals surface area contributed by atoms with Gasteiger partial charge in [0.1, 0.15) is 5.82 Å². The van der Waals surface area contributed by atoms with Gasteiger partial charge in [0.05, 0.1) is 6.54 Å². The molecular formula is C18H31Cl2F2N5O. The number of halogens is 4. The zero-order chi connectivity index (χ0) is 18.6. The van der Waals surface area contributed by atoms with Crippen LogP contribution < -0.4 is 5.73 Å². The lowest BCUT2D eigenvalue weighted by molar-refractivity contribution is -0.136. The van der Waals surface area contributed by atoms with Crippen LogP contribution in [0, 0.1) is 5.41 Å². The first-order valence-electron chi connectivity index (χ1n) is 9.53. The van der Waals surface area contributed by atoms with E-state index in [0.29, 0.717) is 51.5 Å². The Morgan fingerprint density at radius 2 is 1.79 bits per heavy atom. The van der Waals surface area contributed by atoms with Gasteiger partial charge >= 0.3 is 6.55 Å². The molecule has 0 atom stereocenters. The van der Waals surface area contributed by atoms with E-state index in [0.717, 1.165) is 30.3 Å². The van der Waals surface area contributed by atoms with Crippen LogP contribution in [0.3, 0.4) is 0 Å². The molecule has 2 fully saturated rings. The monoisotopic (exact) mass is 441 g/mol. The molecule has 2 heterocycles. The highest BCUT2D eigenvalue weighted by Gasteiger charge is 2.35. The predicted octanol–water partition coefficient (Wildman–Crippen LogP) is 3.07. The van der Waals surface area contributed by atoms with Crippen molar-refractivity contribution in [3.63, 3.8) is 0 Å². The lowest BCUT2D eigenvalue weighted by Gasteiger charge is -2.39. The molecule has 0 unspecified atom stereocenters. The molecule has 28 heavy (non-hydrogen) atoms. The Kier molecular flexibility index (Phi) is 10.1. The van der Waals surface area contributed by atoms with Gasteiger partial charge in [-0.25, -0.2) is 4.98 Å². The molecule has 0 spiro atoms. The topological polar surface area (TPSA) is 67.4 Å². The van der Waals surface area contributed by atoms with Crippen LogP contribution >= 0.6 is 24.8 Å². The number of nitrogens with two attached hydrogens (primary N) is 1. The Balaban J connectivity index is 0.00000196. The zero-order valence-corrected chi connectivity index (χ0v) is 17.7. The maximum atomic E-state index is 12.9. The fourth-order valence-corrected chi connectivity index (χ4v) is 4.19. The number of hydrogen-bond donors (Lipinski definition) is 1. The lowest BCUT2D eigenvalue weighted by Crippen LogP contribution is -2.50. The van der Waals surface area contributed by atoms with Gasteiger partial charge < -0.3 is 10.6 Å². The summed E-state index contributed by atoms with van der Waals surface area (Å²) in [6, 6.07) is 0. The molecule has 10 heteroatoms. The summed E-state index contributed by atoms with van der Waals surface area (Å²) >= 11 is 0. The summed E-state index contributed by atoms with van der Waals surface area (Å²) in [5, 5.41) is 0. The molecule has 1 saturated carbocycles. The largest absolute Gasteiger partial charge is 0.340 e. The van der Waals surface area contributed by atoms with Crippen molar-refractivity contribution >= 4 is 30.7 Å². The fourth-order valence-electron chi connectivity index (χ4n) is 4.19. The summed E-state index contributed by atoms with van der Waals surface area (Å²) in [6.07, 6.45) is 8.90. The van der Waals surface area contributed by atoms with E-state index >= 15 is 0 Å². The Morgan fingerprint density at radius 1 is 1.14 bits per heavy atom. The van der Waals surface area contributed by atoms with E-state index in [1.165, 1.54) is 18.8 Å². The van der Waals surface area contributed by atoms with Gasteiger partial charge in [-0.3, -0.25) is 14.3 Å². The van der Waals surface area contributed by atoms with Crippen molar-refractivity contribution in [3.05, 3.63) is 18.2 Å². The van der Waals surface area contributed by atoms with Gasteiger partial charge in [0, 0.05) is 45.0 Å². The van der Waals surface area contributed by atoms with Gasteiger partial charge in [0.25, 0.3) is 0 Å². The predicted molar refractivity (Wildman–Crippen MR) is 109 cm³/mol. The van der Waals surface area contributed by atoms with Crippen LogP contribution in [0.5, 0.6) is 0 Å². The third-order valence-electron chi connectivity index (χ3n) is 5.92. The molecule has 6 nitrogen and oxygen atoms in total. The SMILES string of the molecule is Cl.Cl.NCC1(CC(=O)N2CCN(Cc3nccn3C(F)F)CC2)CCCCC1. The van der Waals surface area contributed by atoms with Crippen LogP contribution in [-0.2, 0) is 11.3 Å². The highest BCUT2D eigenvalue weighted by Crippen LogP contribution is 2.38. The van der Waals surface area contributed by atoms with E-state index in [4.69, 9.17) is 5.73 Å². The van der Waals surface area contributed by atoms with Gasteiger partial charge in [-0.05, 0) is 24.8 Å². The quantitative estimate of drug-likeness (QED) is 0.736. The number of amides is 1. The Hall–Kier alpha value is -0.960. The van der Waals surface area contributed by atoms with Gasteiger partial charge in [-0.1, -0.05) is 19.3 Å². The smallest absolute Gasteiger partial charge is 0.319 e. The van der Waals surface area contributed by atoms with Crippen molar-refractivity contribution in [3.8, 4) is 0 Å². The van der Waals surface area contributed by atoms with Crippen LogP contribution in [0.15, 0.2) is 12.4 Å². The first kappa shape index (κ1) is 25.1. The average molecular weight is 442 g/mol. The molecule has 2 N–H and O–H groups in total. The highest BCUT2D eigenvalue weighted by molar-refractivity contribution is 5.85. The second-order valence-corrected chi connectivity index (χ2v) is 7.63. The first-order valence-corrected chi connectivity index (χ1v) is 9.53. The second-order valence-electron chi connectivity index (χ2n) is 7.63. The van der Waals surface area contributed by atoms with Crippen molar-refractivity contribution in [1.29, 1.82) is 0 Å². The van der Waals surface area contributed by atoms with Crippen LogP contribution in [0.4, 0.5) is 8.78 Å². The molecule has 1 aliphatic heterocycles. The third kappa shape index (κ3) is 6.02. The molecule has 0 radical (unpaired) electrons. The minimum Gasteiger partial charge on any atom is -0.340 e. The highest BCUT2D eigenvalue weighted by atomic mass is 35.5. The number of nitrogens with zero attached hydrogens (tertiary/aromatic N) is 4. The normalized spacial score (nSPS) is 19.8. The Bertz CT molecular complexity index is 603. The molecule has 0 bridgehead atoms. The van der Waals surface area contributed by atoms with Crippen molar-refractivity contribution in [2.75, 3.05) is 32.7 Å². The number of piperazine rings is 1. The van der Waals surface area contributed by atoms with Gasteiger partial charge in [-0.15, -0.1) is 24.8 Å². The maximum absolute atomic E-state index is 12.9. The molecule has 0 aromatic carbocycles. The fraction of sp³-hybridized carbons (Fsp3) is 0.778. The molecule has 1 saturated heterocycles. The van der Waals surface area contributed by atoms with Gasteiger partial charge in [0.15, 0.2) is 0 Å². The third-order valence-corrected chi connectivity index (χ3v) is 5.92. The summed E-state index contributed by atoms with van der Waals surface area (Å²) in [4.78, 5) is 20.7. The minimum atomic E-state index is -2.57. The molecular weight excluding hydrogens is 411 g/mol. The van der Waals surface area contributed by atoms with Crippen LogP contribution in [0.2, 0.25) is 0 Å². The van der Waals surface area contributed by atoms with Crippen molar-refractivity contribution in [2.24, 2.45) is 11.1 Å². The summed E-state index contributed by atoms with van der Waals surface area (Å²) in [6.45, 7) is 1.01. The molecule has 162 valence electrons. The number of carbonyl (C=O) groups is 1. The molecule has 1 amide bonds. The van der Waals surface area contributed by atoms with Gasteiger partial charge in [-0.2, -0.15) is 8.78 Å². The summed E-state index contributed by atoms with van der Waals surface area (Å²) in [5.41, 5.74) is 5.98. The molecule has 1 aromatic rings. The zero-order valence-electron chi connectivity index (χ0n) is 16.1. The van der Waals surface area contributed by atoms with E-state index in [1.54, 1.807) is 0 Å². The Labute approximate surface area is 177 Å². The standard InChI is InChI=1S/C18H29F2N5O.2ClH/c19-17(20)25-7-6-22-15(25)13-23-8-10-24(11-9-23)16(26)12-18(14-21)4-2-1-3-5-18;;/h6-7,17H,1-5,8-14,21H2;2*1H. The number of imidazole rings is 1. The van der Waals surface area contributed by atoms with E-state index < -0.39 is 6.55 Å². The van der Waals surface area contributed by atoms with E-state index in [2.05, 4.69) is 9.88 Å². The maximum Gasteiger partial charge on any atom is 0.319 e. The number of carbonyl (C=O) groups excluding carboxylic acids is 1. The van der Waals surface area contributed by atoms with Crippen molar-refractivity contribution in [1.82, 2.24) is 19.4 Å². The number of hydrogen-bond acceptors (Lipinski definition) is 4. The van der Waals surface area contributed by atoms with Crippen LogP contribution in [-0.4, -0.2) is 58.0 Å². The van der Waals surface area contributed by atoms with Gasteiger partial charge in [0.2, 0.25) is 5.91 Å². The summed E-state index contributed by atoms with van der Waals surface area (Å²) in [5.74, 6) is 0.551. The van der Waals surface area contributed by atoms with Crippen LogP contribution in [0.25, 0.3) is 0 Å². The Morgan fingerprint density at radius 3 is 2.36 bits per heavy atom. The molecule has 2 aliphatic rings. The minimum absolute atomic E-state index is 0. The summed E-state index contributed by atoms with van der Waals surface area (Å²) in [7, 11) is 0. The molecule has 1 aromatic heterocycles. The van der Waals surface area contributed by atoms with Crippen molar-refractivity contribution in [2.45, 2.75) is 51.6 Å². The molecule has 1 aliphatic carbocycles. The molecule has 3 rings (SSSR count). The second kappa shape index (κ2) is 11.3.